The van der Waals surface area contributed by atoms with Crippen LogP contribution >= 0.6 is 15.9 Å². The summed E-state index contributed by atoms with van der Waals surface area (Å²) in [5.74, 6) is -1.04. The summed E-state index contributed by atoms with van der Waals surface area (Å²) in [6.07, 6.45) is 3.94. The first kappa shape index (κ1) is 14.3. The average molecular weight is 354 g/mol. The molecule has 1 fully saturated rings. The van der Waals surface area contributed by atoms with Gasteiger partial charge in [-0.15, -0.1) is 0 Å². The number of hydrogen-bond acceptors (Lipinski definition) is 3. The molecule has 0 amide bonds. The molecule has 0 atom stereocenters. The summed E-state index contributed by atoms with van der Waals surface area (Å²) >= 11 is 3.07. The number of carbonyl (C=O) groups is 1. The predicted molar refractivity (Wildman–Crippen MR) is 77.8 cm³/mol. The molecular weight excluding hydrogens is 341 g/mol. The third-order valence-electron chi connectivity index (χ3n) is 3.85. The van der Waals surface area contributed by atoms with Crippen LogP contribution in [0.1, 0.15) is 47.7 Å². The van der Waals surface area contributed by atoms with Crippen molar-refractivity contribution in [1.82, 2.24) is 5.16 Å². The van der Waals surface area contributed by atoms with Crippen molar-refractivity contribution in [3.05, 3.63) is 39.8 Å². The van der Waals surface area contributed by atoms with Crippen LogP contribution in [0.3, 0.4) is 0 Å². The number of aromatic nitrogens is 1. The van der Waals surface area contributed by atoms with Gasteiger partial charge in [0, 0.05) is 11.5 Å². The van der Waals surface area contributed by atoms with Crippen LogP contribution in [-0.4, -0.2) is 16.2 Å². The monoisotopic (exact) mass is 353 g/mol. The average Bonchev–Trinajstić information content (AvgIpc) is 3.09. The van der Waals surface area contributed by atoms with E-state index >= 15 is 0 Å². The van der Waals surface area contributed by atoms with E-state index in [9.17, 15) is 14.3 Å². The number of carboxylic acid groups (broad SMARTS) is 1. The van der Waals surface area contributed by atoms with Gasteiger partial charge >= 0.3 is 5.97 Å². The topological polar surface area (TPSA) is 63.3 Å². The Morgan fingerprint density at radius 1 is 1.38 bits per heavy atom. The first-order valence-corrected chi connectivity index (χ1v) is 7.55. The maximum atomic E-state index is 13.7. The number of nitrogens with zero attached hydrogens (tertiary/aromatic N) is 1. The van der Waals surface area contributed by atoms with Crippen LogP contribution in [0.15, 0.2) is 27.2 Å². The number of hydrogen-bond donors (Lipinski definition) is 1. The first-order valence-electron chi connectivity index (χ1n) is 6.76. The molecule has 0 bridgehead atoms. The molecule has 21 heavy (non-hydrogen) atoms. The second-order valence-electron chi connectivity index (χ2n) is 5.19. The second kappa shape index (κ2) is 5.60. The first-order chi connectivity index (χ1) is 10.1. The molecule has 0 unspecified atom stereocenters. The van der Waals surface area contributed by atoms with E-state index in [1.165, 1.54) is 12.1 Å². The zero-order valence-corrected chi connectivity index (χ0v) is 12.7. The zero-order chi connectivity index (χ0) is 15.0. The lowest BCUT2D eigenvalue weighted by Crippen LogP contribution is -2.04. The Kier molecular flexibility index (Phi) is 3.80. The molecule has 0 aliphatic heterocycles. The molecule has 110 valence electrons. The molecule has 0 saturated heterocycles. The molecular formula is C15H13BrFNO3. The summed E-state index contributed by atoms with van der Waals surface area (Å²) in [4.78, 5) is 11.6. The van der Waals surface area contributed by atoms with Gasteiger partial charge in [-0.05, 0) is 40.9 Å². The van der Waals surface area contributed by atoms with Crippen molar-refractivity contribution in [2.24, 2.45) is 0 Å². The fraction of sp³-hybridized carbons (Fsp3) is 0.333. The van der Waals surface area contributed by atoms with Crippen molar-refractivity contribution < 1.29 is 18.8 Å². The Labute approximate surface area is 129 Å². The summed E-state index contributed by atoms with van der Waals surface area (Å²) < 4.78 is 19.3. The lowest BCUT2D eigenvalue weighted by molar-refractivity contribution is 0.0694. The Bertz CT molecular complexity index is 692. The van der Waals surface area contributed by atoms with Crippen molar-refractivity contribution >= 4 is 21.9 Å². The molecule has 1 aliphatic carbocycles. The van der Waals surface area contributed by atoms with Crippen LogP contribution in [0.5, 0.6) is 0 Å². The standard InChI is InChI=1S/C15H13BrFNO3/c16-10-6-5-9(7-11(10)17)13-12(15(19)20)14(21-18-13)8-3-1-2-4-8/h5-8H,1-4H2,(H,19,20). The maximum absolute atomic E-state index is 13.7. The Morgan fingerprint density at radius 2 is 2.10 bits per heavy atom. The van der Waals surface area contributed by atoms with Crippen molar-refractivity contribution in [2.45, 2.75) is 31.6 Å². The highest BCUT2D eigenvalue weighted by atomic mass is 79.9. The van der Waals surface area contributed by atoms with Crippen molar-refractivity contribution in [3.8, 4) is 11.3 Å². The molecule has 6 heteroatoms. The fourth-order valence-corrected chi connectivity index (χ4v) is 3.06. The van der Waals surface area contributed by atoms with Crippen molar-refractivity contribution in [2.75, 3.05) is 0 Å². The zero-order valence-electron chi connectivity index (χ0n) is 11.1. The molecule has 3 rings (SSSR count). The number of aromatic carboxylic acids is 1. The van der Waals surface area contributed by atoms with Crippen molar-refractivity contribution in [1.29, 1.82) is 0 Å². The normalized spacial score (nSPS) is 15.5. The van der Waals surface area contributed by atoms with Gasteiger partial charge in [0.15, 0.2) is 5.76 Å². The van der Waals surface area contributed by atoms with E-state index in [1.54, 1.807) is 6.07 Å². The minimum Gasteiger partial charge on any atom is -0.477 e. The largest absolute Gasteiger partial charge is 0.477 e. The van der Waals surface area contributed by atoms with Crippen LogP contribution in [0.4, 0.5) is 4.39 Å². The van der Waals surface area contributed by atoms with E-state index in [0.717, 1.165) is 25.7 Å². The molecule has 1 aromatic heterocycles. The molecule has 4 nitrogen and oxygen atoms in total. The molecule has 1 aromatic carbocycles. The van der Waals surface area contributed by atoms with Crippen LogP contribution in [-0.2, 0) is 0 Å². The Balaban J connectivity index is 2.09. The van der Waals surface area contributed by atoms with Crippen LogP contribution in [0, 0.1) is 5.82 Å². The molecule has 1 aliphatic rings. The van der Waals surface area contributed by atoms with Gasteiger partial charge in [0.05, 0.1) is 4.47 Å². The minimum atomic E-state index is -1.09. The quantitative estimate of drug-likeness (QED) is 0.875. The summed E-state index contributed by atoms with van der Waals surface area (Å²) in [6.45, 7) is 0. The van der Waals surface area contributed by atoms with Gasteiger partial charge in [0.25, 0.3) is 0 Å². The smallest absolute Gasteiger partial charge is 0.341 e. The maximum Gasteiger partial charge on any atom is 0.341 e. The van der Waals surface area contributed by atoms with Gasteiger partial charge in [-0.1, -0.05) is 24.1 Å². The summed E-state index contributed by atoms with van der Waals surface area (Å²) in [7, 11) is 0. The highest BCUT2D eigenvalue weighted by molar-refractivity contribution is 9.10. The molecule has 0 spiro atoms. The van der Waals surface area contributed by atoms with Gasteiger partial charge in [-0.3, -0.25) is 0 Å². The minimum absolute atomic E-state index is 0.0589. The van der Waals surface area contributed by atoms with Crippen LogP contribution in [0.2, 0.25) is 0 Å². The summed E-state index contributed by atoms with van der Waals surface area (Å²) in [6, 6.07) is 4.41. The van der Waals surface area contributed by atoms with Gasteiger partial charge in [0.2, 0.25) is 0 Å². The molecule has 1 heterocycles. The molecule has 1 N–H and O–H groups in total. The summed E-state index contributed by atoms with van der Waals surface area (Å²) in [5, 5.41) is 13.4. The van der Waals surface area contributed by atoms with Crippen molar-refractivity contribution in [3.63, 3.8) is 0 Å². The van der Waals surface area contributed by atoms with Crippen LogP contribution in [0.25, 0.3) is 11.3 Å². The number of benzene rings is 1. The predicted octanol–water partition coefficient (Wildman–Crippen LogP) is 4.60. The Morgan fingerprint density at radius 3 is 2.71 bits per heavy atom. The third-order valence-corrected chi connectivity index (χ3v) is 4.49. The second-order valence-corrected chi connectivity index (χ2v) is 6.04. The molecule has 0 radical (unpaired) electrons. The molecule has 2 aromatic rings. The van der Waals surface area contributed by atoms with Gasteiger partial charge in [0.1, 0.15) is 17.1 Å². The van der Waals surface area contributed by atoms with E-state index in [4.69, 9.17) is 4.52 Å². The SMILES string of the molecule is O=C(O)c1c(-c2ccc(Br)c(F)c2)noc1C1CCCC1. The molecule has 1 saturated carbocycles. The van der Waals surface area contributed by atoms with Gasteiger partial charge < -0.3 is 9.63 Å². The van der Waals surface area contributed by atoms with Crippen LogP contribution < -0.4 is 0 Å². The Hall–Kier alpha value is -1.69. The van der Waals surface area contributed by atoms with Gasteiger partial charge in [-0.25, -0.2) is 9.18 Å². The number of halogens is 2. The highest BCUT2D eigenvalue weighted by Crippen LogP contribution is 2.39. The van der Waals surface area contributed by atoms with E-state index in [-0.39, 0.29) is 17.2 Å². The summed E-state index contributed by atoms with van der Waals surface area (Å²) in [5.41, 5.74) is 0.653. The third kappa shape index (κ3) is 2.60. The highest BCUT2D eigenvalue weighted by Gasteiger charge is 2.31. The number of carboxylic acids is 1. The van der Waals surface area contributed by atoms with E-state index in [2.05, 4.69) is 21.1 Å². The van der Waals surface area contributed by atoms with E-state index in [1.807, 2.05) is 0 Å². The van der Waals surface area contributed by atoms with E-state index < -0.39 is 11.8 Å². The lowest BCUT2D eigenvalue weighted by Gasteiger charge is -2.05. The number of rotatable bonds is 3. The lowest BCUT2D eigenvalue weighted by atomic mass is 9.97. The van der Waals surface area contributed by atoms with Gasteiger partial charge in [-0.2, -0.15) is 0 Å². The van der Waals surface area contributed by atoms with E-state index in [0.29, 0.717) is 15.8 Å². The fourth-order valence-electron chi connectivity index (χ4n) is 2.82.